The molecule has 6 heteroatoms. The summed E-state index contributed by atoms with van der Waals surface area (Å²) in [5, 5.41) is 10.7. The molecule has 1 aromatic heterocycles. The van der Waals surface area contributed by atoms with Crippen LogP contribution in [0.15, 0.2) is 9.59 Å². The van der Waals surface area contributed by atoms with E-state index in [9.17, 15) is 14.7 Å². The molecule has 2 atom stereocenters. The number of aromatic amines is 1. The van der Waals surface area contributed by atoms with Gasteiger partial charge in [-0.3, -0.25) is 14.3 Å². The number of hydrogen-bond acceptors (Lipinski definition) is 4. The van der Waals surface area contributed by atoms with E-state index in [4.69, 9.17) is 0 Å². The molecule has 1 fully saturated rings. The lowest BCUT2D eigenvalue weighted by Crippen LogP contribution is -2.36. The Labute approximate surface area is 116 Å². The van der Waals surface area contributed by atoms with Crippen LogP contribution in [0.1, 0.15) is 44.2 Å². The molecular formula is C13H20N2O3S. The lowest BCUT2D eigenvalue weighted by molar-refractivity contribution is 0.300. The number of hydrogen-bond donors (Lipinski definition) is 2. The van der Waals surface area contributed by atoms with Gasteiger partial charge in [-0.05, 0) is 31.9 Å². The van der Waals surface area contributed by atoms with E-state index in [1.165, 1.54) is 4.57 Å². The third kappa shape index (κ3) is 2.73. The second-order valence-electron chi connectivity index (χ2n) is 4.96. The predicted octanol–water partition coefficient (Wildman–Crippen LogP) is 1.65. The van der Waals surface area contributed by atoms with E-state index in [0.717, 1.165) is 25.7 Å². The minimum Gasteiger partial charge on any atom is -0.494 e. The molecule has 0 amide bonds. The van der Waals surface area contributed by atoms with Crippen LogP contribution in [-0.2, 0) is 6.42 Å². The summed E-state index contributed by atoms with van der Waals surface area (Å²) in [4.78, 5) is 25.9. The van der Waals surface area contributed by atoms with Crippen molar-refractivity contribution in [1.82, 2.24) is 9.55 Å². The van der Waals surface area contributed by atoms with E-state index in [2.05, 4.69) is 11.2 Å². The number of thioether (sulfide) groups is 1. The van der Waals surface area contributed by atoms with Gasteiger partial charge in [-0.15, -0.1) is 0 Å². The molecule has 1 aromatic rings. The molecule has 1 aliphatic rings. The minimum atomic E-state index is -0.494. The fourth-order valence-electron chi connectivity index (χ4n) is 2.80. The first kappa shape index (κ1) is 14.2. The standard InChI is InChI=1S/C13H20N2O3S/c1-3-10-11(16)14-13(18)15(12(10)17)8-5-4-6-9(7-8)19-2/h8-9,17H,3-7H2,1-2H3,(H,14,16,18). The van der Waals surface area contributed by atoms with Gasteiger partial charge >= 0.3 is 5.69 Å². The van der Waals surface area contributed by atoms with Gasteiger partial charge in [0.1, 0.15) is 0 Å². The summed E-state index contributed by atoms with van der Waals surface area (Å²) in [6.07, 6.45) is 6.42. The van der Waals surface area contributed by atoms with Crippen molar-refractivity contribution in [3.63, 3.8) is 0 Å². The summed E-state index contributed by atoms with van der Waals surface area (Å²) in [6, 6.07) is -0.0131. The van der Waals surface area contributed by atoms with Crippen LogP contribution in [0.5, 0.6) is 5.88 Å². The molecule has 1 heterocycles. The van der Waals surface area contributed by atoms with E-state index in [-0.39, 0.29) is 11.9 Å². The summed E-state index contributed by atoms with van der Waals surface area (Å²) in [5.41, 5.74) is -0.671. The van der Waals surface area contributed by atoms with Gasteiger partial charge in [-0.1, -0.05) is 13.3 Å². The second kappa shape index (κ2) is 5.86. The zero-order chi connectivity index (χ0) is 14.0. The van der Waals surface area contributed by atoms with Crippen molar-refractivity contribution >= 4 is 11.8 Å². The molecule has 2 rings (SSSR count). The molecule has 0 radical (unpaired) electrons. The third-order valence-electron chi connectivity index (χ3n) is 3.86. The summed E-state index contributed by atoms with van der Waals surface area (Å²) in [7, 11) is 0. The maximum atomic E-state index is 12.0. The van der Waals surface area contributed by atoms with Crippen LogP contribution in [0.2, 0.25) is 0 Å². The molecular weight excluding hydrogens is 264 g/mol. The van der Waals surface area contributed by atoms with Crippen LogP contribution in [0.4, 0.5) is 0 Å². The molecule has 0 bridgehead atoms. The van der Waals surface area contributed by atoms with Gasteiger partial charge in [-0.25, -0.2) is 4.79 Å². The van der Waals surface area contributed by atoms with Crippen molar-refractivity contribution in [1.29, 1.82) is 0 Å². The van der Waals surface area contributed by atoms with E-state index in [0.29, 0.717) is 17.2 Å². The summed E-state index contributed by atoms with van der Waals surface area (Å²) in [5.74, 6) is -0.150. The van der Waals surface area contributed by atoms with Gasteiger partial charge in [0.2, 0.25) is 5.88 Å². The topological polar surface area (TPSA) is 75.1 Å². The molecule has 0 saturated heterocycles. The van der Waals surface area contributed by atoms with Gasteiger partial charge in [0.15, 0.2) is 0 Å². The molecule has 0 aromatic carbocycles. The lowest BCUT2D eigenvalue weighted by atomic mass is 9.94. The summed E-state index contributed by atoms with van der Waals surface area (Å²) >= 11 is 1.80. The molecule has 2 N–H and O–H groups in total. The highest BCUT2D eigenvalue weighted by molar-refractivity contribution is 7.99. The maximum Gasteiger partial charge on any atom is 0.331 e. The number of aromatic hydroxyl groups is 1. The molecule has 0 aliphatic heterocycles. The first-order valence-electron chi connectivity index (χ1n) is 6.67. The molecule has 106 valence electrons. The number of nitrogens with one attached hydrogen (secondary N) is 1. The largest absolute Gasteiger partial charge is 0.494 e. The van der Waals surface area contributed by atoms with E-state index >= 15 is 0 Å². The molecule has 19 heavy (non-hydrogen) atoms. The Morgan fingerprint density at radius 1 is 1.42 bits per heavy atom. The third-order valence-corrected chi connectivity index (χ3v) is 4.96. The zero-order valence-electron chi connectivity index (χ0n) is 11.3. The molecule has 1 saturated carbocycles. The average molecular weight is 284 g/mol. The Morgan fingerprint density at radius 3 is 2.79 bits per heavy atom. The van der Waals surface area contributed by atoms with Gasteiger partial charge < -0.3 is 5.11 Å². The fourth-order valence-corrected chi connectivity index (χ4v) is 3.62. The molecule has 1 aliphatic carbocycles. The number of rotatable bonds is 3. The SMILES string of the molecule is CCc1c(O)n(C2CCCC(SC)C2)c(=O)[nH]c1=O. The first-order valence-corrected chi connectivity index (χ1v) is 7.96. The van der Waals surface area contributed by atoms with Crippen molar-refractivity contribution in [2.75, 3.05) is 6.26 Å². The fraction of sp³-hybridized carbons (Fsp3) is 0.692. The van der Waals surface area contributed by atoms with Gasteiger partial charge in [0.25, 0.3) is 5.56 Å². The maximum absolute atomic E-state index is 12.0. The molecule has 2 unspecified atom stereocenters. The highest BCUT2D eigenvalue weighted by Gasteiger charge is 2.26. The van der Waals surface area contributed by atoms with Crippen LogP contribution in [0, 0.1) is 0 Å². The number of H-pyrrole nitrogens is 1. The van der Waals surface area contributed by atoms with Crippen molar-refractivity contribution < 1.29 is 5.11 Å². The zero-order valence-corrected chi connectivity index (χ0v) is 12.1. The quantitative estimate of drug-likeness (QED) is 0.885. The van der Waals surface area contributed by atoms with E-state index in [1.807, 2.05) is 0 Å². The Morgan fingerprint density at radius 2 is 2.16 bits per heavy atom. The molecule has 5 nitrogen and oxygen atoms in total. The Hall–Kier alpha value is -1.17. The van der Waals surface area contributed by atoms with Crippen LogP contribution in [0.3, 0.4) is 0 Å². The lowest BCUT2D eigenvalue weighted by Gasteiger charge is -2.30. The monoisotopic (exact) mass is 284 g/mol. The highest BCUT2D eigenvalue weighted by atomic mass is 32.2. The summed E-state index contributed by atoms with van der Waals surface area (Å²) in [6.45, 7) is 1.80. The Balaban J connectivity index is 2.44. The number of aromatic nitrogens is 2. The predicted molar refractivity (Wildman–Crippen MR) is 77.2 cm³/mol. The van der Waals surface area contributed by atoms with Crippen LogP contribution < -0.4 is 11.2 Å². The van der Waals surface area contributed by atoms with Crippen molar-refractivity contribution in [2.24, 2.45) is 0 Å². The van der Waals surface area contributed by atoms with Crippen molar-refractivity contribution in [2.45, 2.75) is 50.3 Å². The van der Waals surface area contributed by atoms with E-state index < -0.39 is 11.2 Å². The van der Waals surface area contributed by atoms with Gasteiger partial charge in [0.05, 0.1) is 5.56 Å². The molecule has 0 spiro atoms. The average Bonchev–Trinajstić information content (AvgIpc) is 2.39. The van der Waals surface area contributed by atoms with Crippen LogP contribution in [-0.4, -0.2) is 26.2 Å². The minimum absolute atomic E-state index is 0.0131. The smallest absolute Gasteiger partial charge is 0.331 e. The Bertz CT molecular complexity index is 564. The first-order chi connectivity index (χ1) is 9.08. The van der Waals surface area contributed by atoms with E-state index in [1.54, 1.807) is 18.7 Å². The van der Waals surface area contributed by atoms with Crippen LogP contribution >= 0.6 is 11.8 Å². The summed E-state index contributed by atoms with van der Waals surface area (Å²) < 4.78 is 1.38. The van der Waals surface area contributed by atoms with Gasteiger partial charge in [0, 0.05) is 11.3 Å². The second-order valence-corrected chi connectivity index (χ2v) is 6.10. The van der Waals surface area contributed by atoms with Crippen molar-refractivity contribution in [3.05, 3.63) is 26.4 Å². The highest BCUT2D eigenvalue weighted by Crippen LogP contribution is 2.35. The Kier molecular flexibility index (Phi) is 4.39. The van der Waals surface area contributed by atoms with Crippen molar-refractivity contribution in [3.8, 4) is 5.88 Å². The van der Waals surface area contributed by atoms with Crippen LogP contribution in [0.25, 0.3) is 0 Å². The number of nitrogens with zero attached hydrogens (tertiary/aromatic N) is 1. The normalized spacial score (nSPS) is 23.5. The van der Waals surface area contributed by atoms with Gasteiger partial charge in [-0.2, -0.15) is 11.8 Å².